The molecule has 0 radical (unpaired) electrons. The summed E-state index contributed by atoms with van der Waals surface area (Å²) in [4.78, 5) is 15.9. The van der Waals surface area contributed by atoms with E-state index in [1.165, 1.54) is 7.11 Å². The zero-order valence-electron chi connectivity index (χ0n) is 13.2. The number of carbonyl (C=O) groups excluding carboxylic acids is 1. The average Bonchev–Trinajstić information content (AvgIpc) is 2.57. The summed E-state index contributed by atoms with van der Waals surface area (Å²) >= 11 is 6.13. The number of halogens is 1. The average molecular weight is 343 g/mol. The van der Waals surface area contributed by atoms with Gasteiger partial charge in [-0.15, -0.1) is 0 Å². The van der Waals surface area contributed by atoms with Crippen molar-refractivity contribution in [3.05, 3.63) is 58.7 Å². The molecule has 5 nitrogen and oxygen atoms in total. The second-order valence-electron chi connectivity index (χ2n) is 5.26. The summed E-state index contributed by atoms with van der Waals surface area (Å²) in [7, 11) is 1.47. The normalized spacial score (nSPS) is 10.6. The molecular formula is C18H15ClN2O3. The summed E-state index contributed by atoms with van der Waals surface area (Å²) < 4.78 is 11.1. The molecule has 2 aromatic carbocycles. The Kier molecular flexibility index (Phi) is 4.27. The van der Waals surface area contributed by atoms with Crippen LogP contribution in [0.1, 0.15) is 15.9 Å². The van der Waals surface area contributed by atoms with Gasteiger partial charge in [-0.2, -0.15) is 0 Å². The number of ether oxygens (including phenoxy) is 2. The largest absolute Gasteiger partial charge is 0.496 e. The van der Waals surface area contributed by atoms with E-state index < -0.39 is 5.91 Å². The van der Waals surface area contributed by atoms with Gasteiger partial charge < -0.3 is 15.2 Å². The topological polar surface area (TPSA) is 74.4 Å². The lowest BCUT2D eigenvalue weighted by atomic mass is 10.1. The number of carbonyl (C=O) groups is 1. The first-order valence-electron chi connectivity index (χ1n) is 7.20. The molecule has 6 heteroatoms. The fourth-order valence-electron chi connectivity index (χ4n) is 2.36. The minimum atomic E-state index is -0.582. The molecule has 0 saturated heterocycles. The molecule has 0 aliphatic carbocycles. The summed E-state index contributed by atoms with van der Waals surface area (Å²) in [6, 6.07) is 10.4. The highest BCUT2D eigenvalue weighted by Crippen LogP contribution is 2.34. The zero-order valence-corrected chi connectivity index (χ0v) is 13.9. The van der Waals surface area contributed by atoms with E-state index in [0.29, 0.717) is 33.2 Å². The third-order valence-electron chi connectivity index (χ3n) is 3.66. The molecule has 2 N–H and O–H groups in total. The van der Waals surface area contributed by atoms with Crippen LogP contribution in [0.25, 0.3) is 10.9 Å². The molecule has 0 bridgehead atoms. The van der Waals surface area contributed by atoms with Crippen molar-refractivity contribution in [3.63, 3.8) is 0 Å². The molecule has 0 unspecified atom stereocenters. The number of benzene rings is 2. The maximum atomic E-state index is 11.6. The van der Waals surface area contributed by atoms with Crippen LogP contribution in [-0.2, 0) is 0 Å². The molecule has 0 fully saturated rings. The van der Waals surface area contributed by atoms with E-state index in [1.54, 1.807) is 30.5 Å². The lowest BCUT2D eigenvalue weighted by Crippen LogP contribution is -2.12. The van der Waals surface area contributed by atoms with Crippen LogP contribution in [-0.4, -0.2) is 18.0 Å². The van der Waals surface area contributed by atoms with E-state index in [-0.39, 0.29) is 5.56 Å². The first kappa shape index (κ1) is 16.1. The van der Waals surface area contributed by atoms with E-state index in [1.807, 2.05) is 19.1 Å². The second kappa shape index (κ2) is 6.37. The number of aryl methyl sites for hydroxylation is 1. The predicted molar refractivity (Wildman–Crippen MR) is 93.1 cm³/mol. The Morgan fingerprint density at radius 1 is 1.17 bits per heavy atom. The van der Waals surface area contributed by atoms with Crippen molar-refractivity contribution in [2.75, 3.05) is 7.11 Å². The van der Waals surface area contributed by atoms with E-state index in [0.717, 1.165) is 5.56 Å². The fraction of sp³-hybridized carbons (Fsp3) is 0.111. The number of amides is 1. The van der Waals surface area contributed by atoms with Crippen molar-refractivity contribution >= 4 is 28.4 Å². The predicted octanol–water partition coefficient (Wildman–Crippen LogP) is 4.10. The van der Waals surface area contributed by atoms with Gasteiger partial charge in [0.05, 0.1) is 18.2 Å². The van der Waals surface area contributed by atoms with Crippen LogP contribution in [0, 0.1) is 6.92 Å². The van der Waals surface area contributed by atoms with Gasteiger partial charge in [0.2, 0.25) is 0 Å². The SMILES string of the molecule is COc1cc2nccc(Oc3ccc(C)c(Cl)c3)c2cc1C(N)=O. The van der Waals surface area contributed by atoms with Crippen LogP contribution < -0.4 is 15.2 Å². The number of nitrogens with two attached hydrogens (primary N) is 1. The highest BCUT2D eigenvalue weighted by Gasteiger charge is 2.14. The molecule has 0 aliphatic heterocycles. The number of rotatable bonds is 4. The number of fused-ring (bicyclic) bond motifs is 1. The summed E-state index contributed by atoms with van der Waals surface area (Å²) in [6.07, 6.45) is 1.62. The number of pyridine rings is 1. The van der Waals surface area contributed by atoms with E-state index in [4.69, 9.17) is 26.8 Å². The smallest absolute Gasteiger partial charge is 0.252 e. The van der Waals surface area contributed by atoms with Gasteiger partial charge in [0.1, 0.15) is 17.2 Å². The molecule has 1 amide bonds. The van der Waals surface area contributed by atoms with Crippen molar-refractivity contribution in [1.29, 1.82) is 0 Å². The highest BCUT2D eigenvalue weighted by atomic mass is 35.5. The van der Waals surface area contributed by atoms with Crippen LogP contribution in [0.5, 0.6) is 17.2 Å². The monoisotopic (exact) mass is 342 g/mol. The Labute approximate surface area is 144 Å². The van der Waals surface area contributed by atoms with Crippen LogP contribution in [0.15, 0.2) is 42.6 Å². The molecule has 0 atom stereocenters. The van der Waals surface area contributed by atoms with Crippen LogP contribution in [0.3, 0.4) is 0 Å². The number of nitrogens with zero attached hydrogens (tertiary/aromatic N) is 1. The standard InChI is InChI=1S/C18H15ClN2O3/c1-10-3-4-11(7-14(10)19)24-16-5-6-21-15-9-17(23-2)13(18(20)22)8-12(15)16/h3-9H,1-2H3,(H2,20,22). The Morgan fingerprint density at radius 3 is 2.62 bits per heavy atom. The molecule has 1 aromatic heterocycles. The second-order valence-corrected chi connectivity index (χ2v) is 5.66. The lowest BCUT2D eigenvalue weighted by molar-refractivity contribution is 0.0997. The number of aromatic nitrogens is 1. The summed E-state index contributed by atoms with van der Waals surface area (Å²) in [5.74, 6) is 0.930. The van der Waals surface area contributed by atoms with Crippen LogP contribution in [0.2, 0.25) is 5.02 Å². The maximum Gasteiger partial charge on any atom is 0.252 e. The van der Waals surface area contributed by atoms with Gasteiger partial charge in [-0.3, -0.25) is 9.78 Å². The number of primary amides is 1. The number of hydrogen-bond donors (Lipinski definition) is 1. The molecule has 1 heterocycles. The van der Waals surface area contributed by atoms with Gasteiger partial charge in [0, 0.05) is 22.7 Å². The molecule has 24 heavy (non-hydrogen) atoms. The first-order valence-corrected chi connectivity index (χ1v) is 7.58. The van der Waals surface area contributed by atoms with Crippen molar-refractivity contribution in [3.8, 4) is 17.2 Å². The summed E-state index contributed by atoms with van der Waals surface area (Å²) in [5.41, 5.74) is 7.29. The Morgan fingerprint density at radius 2 is 1.96 bits per heavy atom. The quantitative estimate of drug-likeness (QED) is 0.774. The van der Waals surface area contributed by atoms with Gasteiger partial charge in [0.15, 0.2) is 0 Å². The van der Waals surface area contributed by atoms with Crippen LogP contribution in [0.4, 0.5) is 0 Å². The zero-order chi connectivity index (χ0) is 17.3. The van der Waals surface area contributed by atoms with E-state index in [9.17, 15) is 4.79 Å². The third kappa shape index (κ3) is 2.98. The minimum absolute atomic E-state index is 0.268. The lowest BCUT2D eigenvalue weighted by Gasteiger charge is -2.12. The Bertz CT molecular complexity index is 941. The van der Waals surface area contributed by atoms with Gasteiger partial charge in [-0.05, 0) is 36.8 Å². The van der Waals surface area contributed by atoms with Crippen molar-refractivity contribution in [2.45, 2.75) is 6.92 Å². The molecular weight excluding hydrogens is 328 g/mol. The van der Waals surface area contributed by atoms with E-state index >= 15 is 0 Å². The van der Waals surface area contributed by atoms with Gasteiger partial charge in [0.25, 0.3) is 5.91 Å². The number of methoxy groups -OCH3 is 1. The molecule has 3 aromatic rings. The summed E-state index contributed by atoms with van der Waals surface area (Å²) in [5, 5.41) is 1.27. The Balaban J connectivity index is 2.12. The summed E-state index contributed by atoms with van der Waals surface area (Å²) in [6.45, 7) is 1.92. The van der Waals surface area contributed by atoms with Crippen LogP contribution >= 0.6 is 11.6 Å². The van der Waals surface area contributed by atoms with Gasteiger partial charge in [-0.25, -0.2) is 0 Å². The molecule has 3 rings (SSSR count). The highest BCUT2D eigenvalue weighted by molar-refractivity contribution is 6.31. The van der Waals surface area contributed by atoms with Crippen molar-refractivity contribution in [2.24, 2.45) is 5.73 Å². The molecule has 0 spiro atoms. The van der Waals surface area contributed by atoms with E-state index in [2.05, 4.69) is 4.98 Å². The molecule has 0 aliphatic rings. The number of hydrogen-bond acceptors (Lipinski definition) is 4. The third-order valence-corrected chi connectivity index (χ3v) is 4.07. The minimum Gasteiger partial charge on any atom is -0.496 e. The molecule has 122 valence electrons. The van der Waals surface area contributed by atoms with Gasteiger partial charge in [-0.1, -0.05) is 17.7 Å². The van der Waals surface area contributed by atoms with Crippen molar-refractivity contribution < 1.29 is 14.3 Å². The first-order chi connectivity index (χ1) is 11.5. The Hall–Kier alpha value is -2.79. The van der Waals surface area contributed by atoms with Gasteiger partial charge >= 0.3 is 0 Å². The molecule has 0 saturated carbocycles. The fourth-order valence-corrected chi connectivity index (χ4v) is 2.53. The van der Waals surface area contributed by atoms with Crippen molar-refractivity contribution in [1.82, 2.24) is 4.98 Å². The maximum absolute atomic E-state index is 11.6.